The van der Waals surface area contributed by atoms with E-state index < -0.39 is 29.1 Å². The van der Waals surface area contributed by atoms with Gasteiger partial charge in [0.25, 0.3) is 5.69 Å². The summed E-state index contributed by atoms with van der Waals surface area (Å²) in [6.45, 7) is 1.80. The van der Waals surface area contributed by atoms with Crippen LogP contribution < -0.4 is 20.5 Å². The lowest BCUT2D eigenvalue weighted by Crippen LogP contribution is -2.41. The van der Waals surface area contributed by atoms with Gasteiger partial charge < -0.3 is 30.4 Å². The molecule has 11 nitrogen and oxygen atoms in total. The van der Waals surface area contributed by atoms with Gasteiger partial charge in [-0.2, -0.15) is 0 Å². The molecule has 0 saturated carbocycles. The Hall–Kier alpha value is -3.08. The Morgan fingerprint density at radius 1 is 1.37 bits per heavy atom. The summed E-state index contributed by atoms with van der Waals surface area (Å²) in [5.41, 5.74) is 5.18. The molecule has 1 aliphatic rings. The number of alkyl carbamates (subject to hydrolysis) is 1. The number of amides is 1. The predicted molar refractivity (Wildman–Crippen MR) is 91.6 cm³/mol. The number of fused-ring (bicyclic) bond motifs is 1. The molecule has 0 aliphatic carbocycles. The molecule has 0 aromatic heterocycles. The van der Waals surface area contributed by atoms with Crippen LogP contribution in [0.3, 0.4) is 0 Å². The molecular formula is C16H21N3O8. The number of unbranched alkanes of at least 4 members (excludes halogenated alkanes) is 1. The zero-order valence-corrected chi connectivity index (χ0v) is 14.7. The van der Waals surface area contributed by atoms with Crippen LogP contribution in [0.2, 0.25) is 0 Å². The fourth-order valence-electron chi connectivity index (χ4n) is 2.58. The number of benzene rings is 1. The Labute approximate surface area is 154 Å². The number of nitrogens with zero attached hydrogens (tertiary/aromatic N) is 1. The van der Waals surface area contributed by atoms with Crippen LogP contribution in [0.25, 0.3) is 0 Å². The van der Waals surface area contributed by atoms with Crippen molar-refractivity contribution in [1.29, 1.82) is 0 Å². The number of nitro benzene ring substituents is 1. The molecule has 11 heteroatoms. The van der Waals surface area contributed by atoms with Crippen molar-refractivity contribution in [1.82, 2.24) is 5.32 Å². The third kappa shape index (κ3) is 5.20. The van der Waals surface area contributed by atoms with Gasteiger partial charge in [-0.15, -0.1) is 0 Å². The van der Waals surface area contributed by atoms with Crippen LogP contribution in [-0.2, 0) is 9.53 Å². The Bertz CT molecular complexity index is 724. The summed E-state index contributed by atoms with van der Waals surface area (Å²) in [6.07, 6.45) is -0.662. The SMILES string of the molecule is CC(OC(=O)N[C@@H](CCCCN)C(=O)O)c1cc2c(cc1[N+](=O)[O-])OCO2. The number of aliphatic carboxylic acids is 1. The third-order valence-corrected chi connectivity index (χ3v) is 3.98. The third-order valence-electron chi connectivity index (χ3n) is 3.98. The maximum Gasteiger partial charge on any atom is 0.408 e. The Balaban J connectivity index is 2.07. The maximum atomic E-state index is 12.0. The van der Waals surface area contributed by atoms with Crippen molar-refractivity contribution < 1.29 is 33.8 Å². The molecule has 27 heavy (non-hydrogen) atoms. The minimum absolute atomic E-state index is 0.0608. The van der Waals surface area contributed by atoms with E-state index in [2.05, 4.69) is 5.32 Å². The van der Waals surface area contributed by atoms with Crippen LogP contribution >= 0.6 is 0 Å². The number of rotatable bonds is 9. The van der Waals surface area contributed by atoms with E-state index in [1.807, 2.05) is 0 Å². The second-order valence-corrected chi connectivity index (χ2v) is 5.89. The molecule has 1 aliphatic heterocycles. The van der Waals surface area contributed by atoms with Crippen LogP contribution in [0.1, 0.15) is 37.9 Å². The largest absolute Gasteiger partial charge is 0.480 e. The fourth-order valence-corrected chi connectivity index (χ4v) is 2.58. The highest BCUT2D eigenvalue weighted by Gasteiger charge is 2.29. The van der Waals surface area contributed by atoms with Gasteiger partial charge in [0.05, 0.1) is 16.6 Å². The summed E-state index contributed by atoms with van der Waals surface area (Å²) < 4.78 is 15.4. The first-order valence-electron chi connectivity index (χ1n) is 8.31. The normalized spacial score (nSPS) is 14.3. The van der Waals surface area contributed by atoms with Gasteiger partial charge in [0, 0.05) is 0 Å². The number of nitrogens with one attached hydrogen (secondary N) is 1. The molecule has 1 aromatic rings. The number of carboxylic acids is 1. The van der Waals surface area contributed by atoms with Crippen molar-refractivity contribution >= 4 is 17.7 Å². The average Bonchev–Trinajstić information content (AvgIpc) is 3.07. The Kier molecular flexibility index (Phi) is 6.77. The zero-order chi connectivity index (χ0) is 20.0. The minimum Gasteiger partial charge on any atom is -0.480 e. The van der Waals surface area contributed by atoms with Crippen molar-refractivity contribution in [3.63, 3.8) is 0 Å². The van der Waals surface area contributed by atoms with Gasteiger partial charge in [-0.1, -0.05) is 0 Å². The maximum absolute atomic E-state index is 12.0. The van der Waals surface area contributed by atoms with Gasteiger partial charge in [0.2, 0.25) is 6.79 Å². The number of hydrogen-bond donors (Lipinski definition) is 3. The predicted octanol–water partition coefficient (Wildman–Crippen LogP) is 1.69. The van der Waals surface area contributed by atoms with E-state index in [-0.39, 0.29) is 30.2 Å². The summed E-state index contributed by atoms with van der Waals surface area (Å²) in [6, 6.07) is 1.43. The molecule has 0 radical (unpaired) electrons. The van der Waals surface area contributed by atoms with E-state index in [9.17, 15) is 24.8 Å². The molecule has 4 N–H and O–H groups in total. The van der Waals surface area contributed by atoms with E-state index in [0.717, 1.165) is 0 Å². The Morgan fingerprint density at radius 3 is 2.63 bits per heavy atom. The quantitative estimate of drug-likeness (QED) is 0.327. The van der Waals surface area contributed by atoms with Crippen molar-refractivity contribution in [3.8, 4) is 11.5 Å². The molecule has 1 unspecified atom stereocenters. The number of carboxylic acid groups (broad SMARTS) is 1. The van der Waals surface area contributed by atoms with Gasteiger partial charge in [0.1, 0.15) is 12.1 Å². The Morgan fingerprint density at radius 2 is 2.04 bits per heavy atom. The standard InChI is InChI=1S/C16H21N3O8/c1-9(27-16(22)18-11(15(20)21)4-2-3-5-17)10-6-13-14(26-8-25-13)7-12(10)19(23)24/h6-7,9,11H,2-5,8,17H2,1H3,(H,18,22)(H,20,21)/t9?,11-/m0/s1. The van der Waals surface area contributed by atoms with Gasteiger partial charge in [-0.3, -0.25) is 10.1 Å². The molecule has 148 valence electrons. The van der Waals surface area contributed by atoms with Crippen molar-refractivity contribution in [2.75, 3.05) is 13.3 Å². The summed E-state index contributed by atoms with van der Waals surface area (Å²) in [7, 11) is 0. The highest BCUT2D eigenvalue weighted by molar-refractivity contribution is 5.80. The number of ether oxygens (including phenoxy) is 3. The molecule has 2 atom stereocenters. The topological polar surface area (TPSA) is 163 Å². The van der Waals surface area contributed by atoms with Crippen molar-refractivity contribution in [2.45, 2.75) is 38.3 Å². The molecule has 2 rings (SSSR count). The van der Waals surface area contributed by atoms with Gasteiger partial charge in [0.15, 0.2) is 11.5 Å². The van der Waals surface area contributed by atoms with E-state index in [1.165, 1.54) is 19.1 Å². The van der Waals surface area contributed by atoms with Crippen LogP contribution in [-0.4, -0.2) is 41.5 Å². The molecule has 0 bridgehead atoms. The molecule has 1 heterocycles. The van der Waals surface area contributed by atoms with Gasteiger partial charge in [-0.05, 0) is 38.8 Å². The molecule has 1 amide bonds. The van der Waals surface area contributed by atoms with Crippen LogP contribution in [0.4, 0.5) is 10.5 Å². The van der Waals surface area contributed by atoms with Crippen LogP contribution in [0.15, 0.2) is 12.1 Å². The number of carbonyl (C=O) groups is 2. The molecular weight excluding hydrogens is 362 g/mol. The first-order chi connectivity index (χ1) is 12.8. The average molecular weight is 383 g/mol. The summed E-state index contributed by atoms with van der Waals surface area (Å²) >= 11 is 0. The first kappa shape index (κ1) is 20.2. The zero-order valence-electron chi connectivity index (χ0n) is 14.7. The van der Waals surface area contributed by atoms with Crippen molar-refractivity contribution in [2.24, 2.45) is 5.73 Å². The number of hydrogen-bond acceptors (Lipinski definition) is 8. The molecule has 0 spiro atoms. The smallest absolute Gasteiger partial charge is 0.408 e. The van der Waals surface area contributed by atoms with E-state index >= 15 is 0 Å². The first-order valence-corrected chi connectivity index (χ1v) is 8.31. The molecule has 0 saturated heterocycles. The van der Waals surface area contributed by atoms with E-state index in [0.29, 0.717) is 25.1 Å². The van der Waals surface area contributed by atoms with Crippen LogP contribution in [0.5, 0.6) is 11.5 Å². The van der Waals surface area contributed by atoms with E-state index in [1.54, 1.807) is 0 Å². The number of carbonyl (C=O) groups excluding carboxylic acids is 1. The highest BCUT2D eigenvalue weighted by atomic mass is 16.7. The van der Waals surface area contributed by atoms with Gasteiger partial charge >= 0.3 is 12.1 Å². The number of nitrogens with two attached hydrogens (primary N) is 1. The molecule has 1 aromatic carbocycles. The van der Waals surface area contributed by atoms with Crippen LogP contribution in [0, 0.1) is 10.1 Å². The lowest BCUT2D eigenvalue weighted by molar-refractivity contribution is -0.386. The van der Waals surface area contributed by atoms with Crippen molar-refractivity contribution in [3.05, 3.63) is 27.8 Å². The van der Waals surface area contributed by atoms with E-state index in [4.69, 9.17) is 19.9 Å². The second kappa shape index (κ2) is 9.03. The highest BCUT2D eigenvalue weighted by Crippen LogP contribution is 2.40. The lowest BCUT2D eigenvalue weighted by atomic mass is 10.1. The number of nitro groups is 1. The second-order valence-electron chi connectivity index (χ2n) is 5.89. The summed E-state index contributed by atoms with van der Waals surface area (Å²) in [4.78, 5) is 33.9. The monoisotopic (exact) mass is 383 g/mol. The summed E-state index contributed by atoms with van der Waals surface area (Å²) in [5.74, 6) is -0.671. The minimum atomic E-state index is -1.20. The summed E-state index contributed by atoms with van der Waals surface area (Å²) in [5, 5.41) is 22.7. The van der Waals surface area contributed by atoms with Gasteiger partial charge in [-0.25, -0.2) is 9.59 Å². The molecule has 0 fully saturated rings. The lowest BCUT2D eigenvalue weighted by Gasteiger charge is -2.18. The fraction of sp³-hybridized carbons (Fsp3) is 0.500.